The molecule has 0 bridgehead atoms. The quantitative estimate of drug-likeness (QED) is 0.690. The van der Waals surface area contributed by atoms with Crippen molar-refractivity contribution in [2.24, 2.45) is 0 Å². The smallest absolute Gasteiger partial charge is 0.152 e. The predicted molar refractivity (Wildman–Crippen MR) is 86.5 cm³/mol. The number of hydrogen-bond donors (Lipinski definition) is 0. The molecule has 22 heavy (non-hydrogen) atoms. The molecular weight excluding hydrogens is 274 g/mol. The fraction of sp³-hybridized carbons (Fsp3) is 0.0556. The Morgan fingerprint density at radius 1 is 1.05 bits per heavy atom. The number of benzene rings is 2. The van der Waals surface area contributed by atoms with Gasteiger partial charge in [-0.1, -0.05) is 53.8 Å². The van der Waals surface area contributed by atoms with Crippen molar-refractivity contribution in [3.05, 3.63) is 72.4 Å². The molecule has 0 aliphatic heterocycles. The van der Waals surface area contributed by atoms with E-state index in [1.165, 1.54) is 6.92 Å². The summed E-state index contributed by atoms with van der Waals surface area (Å²) in [4.78, 5) is 10.9. The largest absolute Gasteiger partial charge is 0.295 e. The molecule has 0 atom stereocenters. The van der Waals surface area contributed by atoms with E-state index in [1.807, 2.05) is 60.8 Å². The highest BCUT2D eigenvalue weighted by Gasteiger charge is 2.04. The molecular formula is C18H15N3O. The first-order valence-electron chi connectivity index (χ1n) is 6.99. The Kier molecular flexibility index (Phi) is 3.92. The van der Waals surface area contributed by atoms with Crippen molar-refractivity contribution >= 4 is 11.9 Å². The van der Waals surface area contributed by atoms with Crippen molar-refractivity contribution in [2.75, 3.05) is 0 Å². The van der Waals surface area contributed by atoms with Crippen LogP contribution in [0.4, 0.5) is 0 Å². The molecule has 0 fully saturated rings. The van der Waals surface area contributed by atoms with Crippen molar-refractivity contribution in [3.8, 4) is 16.9 Å². The van der Waals surface area contributed by atoms with Gasteiger partial charge in [0.25, 0.3) is 0 Å². The zero-order valence-corrected chi connectivity index (χ0v) is 12.2. The molecule has 0 saturated heterocycles. The second-order valence-corrected chi connectivity index (χ2v) is 4.95. The van der Waals surface area contributed by atoms with E-state index in [-0.39, 0.29) is 5.78 Å². The summed E-state index contributed by atoms with van der Waals surface area (Å²) in [6.07, 6.45) is 5.25. The third kappa shape index (κ3) is 3.17. The molecule has 0 N–H and O–H groups in total. The van der Waals surface area contributed by atoms with E-state index >= 15 is 0 Å². The fourth-order valence-corrected chi connectivity index (χ4v) is 2.08. The van der Waals surface area contributed by atoms with Gasteiger partial charge in [0, 0.05) is 5.56 Å². The fourth-order valence-electron chi connectivity index (χ4n) is 2.08. The molecule has 1 heterocycles. The van der Waals surface area contributed by atoms with E-state index in [9.17, 15) is 4.79 Å². The molecule has 3 aromatic rings. The van der Waals surface area contributed by atoms with E-state index in [0.717, 1.165) is 22.5 Å². The van der Waals surface area contributed by atoms with E-state index in [0.29, 0.717) is 0 Å². The summed E-state index contributed by atoms with van der Waals surface area (Å²) in [5.41, 5.74) is 3.77. The first kappa shape index (κ1) is 13.9. The Morgan fingerprint density at radius 2 is 1.77 bits per heavy atom. The number of carbonyl (C=O) groups excluding carboxylic acids is 1. The number of nitrogens with zero attached hydrogens (tertiary/aromatic N) is 3. The maximum absolute atomic E-state index is 10.9. The summed E-state index contributed by atoms with van der Waals surface area (Å²) in [5.74, 6) is 0.0351. The monoisotopic (exact) mass is 289 g/mol. The second kappa shape index (κ2) is 6.18. The Bertz CT molecular complexity index is 802. The molecule has 0 unspecified atom stereocenters. The number of ketones is 1. The Labute approximate surface area is 128 Å². The maximum atomic E-state index is 10.9. The lowest BCUT2D eigenvalue weighted by Gasteiger charge is -2.00. The first-order valence-corrected chi connectivity index (χ1v) is 6.99. The maximum Gasteiger partial charge on any atom is 0.152 e. The van der Waals surface area contributed by atoms with Gasteiger partial charge in [-0.25, -0.2) is 4.68 Å². The van der Waals surface area contributed by atoms with Gasteiger partial charge in [-0.3, -0.25) is 4.79 Å². The lowest BCUT2D eigenvalue weighted by molar-refractivity contribution is -0.112. The molecule has 0 saturated carbocycles. The zero-order valence-electron chi connectivity index (χ0n) is 12.2. The van der Waals surface area contributed by atoms with Crippen molar-refractivity contribution in [2.45, 2.75) is 6.92 Å². The summed E-state index contributed by atoms with van der Waals surface area (Å²) < 4.78 is 1.74. The van der Waals surface area contributed by atoms with Crippen LogP contribution in [0.15, 0.2) is 66.9 Å². The Morgan fingerprint density at radius 3 is 2.45 bits per heavy atom. The number of rotatable bonds is 4. The molecule has 108 valence electrons. The molecule has 0 aliphatic carbocycles. The Balaban J connectivity index is 1.83. The molecule has 0 radical (unpaired) electrons. The van der Waals surface area contributed by atoms with Crippen LogP contribution >= 0.6 is 0 Å². The first-order chi connectivity index (χ1) is 10.7. The van der Waals surface area contributed by atoms with Crippen LogP contribution in [0.3, 0.4) is 0 Å². The summed E-state index contributed by atoms with van der Waals surface area (Å²) in [7, 11) is 0. The van der Waals surface area contributed by atoms with E-state index in [1.54, 1.807) is 16.8 Å². The number of carbonyl (C=O) groups is 1. The van der Waals surface area contributed by atoms with Crippen LogP contribution in [-0.2, 0) is 4.79 Å². The summed E-state index contributed by atoms with van der Waals surface area (Å²) in [6, 6.07) is 17.7. The molecule has 2 aromatic carbocycles. The molecule has 4 nitrogen and oxygen atoms in total. The lowest BCUT2D eigenvalue weighted by atomic mass is 10.1. The van der Waals surface area contributed by atoms with Gasteiger partial charge in [0.15, 0.2) is 5.78 Å². The van der Waals surface area contributed by atoms with Crippen molar-refractivity contribution in [3.63, 3.8) is 0 Å². The molecule has 1 aromatic heterocycles. The van der Waals surface area contributed by atoms with Crippen LogP contribution in [-0.4, -0.2) is 20.8 Å². The highest BCUT2D eigenvalue weighted by molar-refractivity contribution is 5.91. The number of aromatic nitrogens is 3. The van der Waals surface area contributed by atoms with Gasteiger partial charge in [0.2, 0.25) is 0 Å². The molecule has 0 spiro atoms. The van der Waals surface area contributed by atoms with Crippen molar-refractivity contribution < 1.29 is 4.79 Å². The molecule has 0 aliphatic rings. The van der Waals surface area contributed by atoms with E-state index in [2.05, 4.69) is 10.3 Å². The number of allylic oxidation sites excluding steroid dienone is 1. The van der Waals surface area contributed by atoms with Crippen LogP contribution in [0, 0.1) is 0 Å². The van der Waals surface area contributed by atoms with E-state index < -0.39 is 0 Å². The number of hydrogen-bond acceptors (Lipinski definition) is 3. The van der Waals surface area contributed by atoms with Gasteiger partial charge >= 0.3 is 0 Å². The predicted octanol–water partition coefficient (Wildman–Crippen LogP) is 3.54. The van der Waals surface area contributed by atoms with E-state index in [4.69, 9.17) is 0 Å². The summed E-state index contributed by atoms with van der Waals surface area (Å²) >= 11 is 0. The standard InChI is InChI=1S/C18H15N3O/c1-14(22)7-8-15-9-11-17(12-10-15)21-13-18(19-20-21)16-5-3-2-4-6-16/h2-13H,1H3/b8-7+. The third-order valence-electron chi connectivity index (χ3n) is 3.23. The Hall–Kier alpha value is -3.01. The minimum absolute atomic E-state index is 0.0351. The van der Waals surface area contributed by atoms with Crippen LogP contribution in [0.2, 0.25) is 0 Å². The summed E-state index contributed by atoms with van der Waals surface area (Å²) in [5, 5.41) is 8.36. The van der Waals surface area contributed by atoms with Gasteiger partial charge < -0.3 is 0 Å². The van der Waals surface area contributed by atoms with Crippen LogP contribution in [0.5, 0.6) is 0 Å². The average Bonchev–Trinajstić information content (AvgIpc) is 3.04. The van der Waals surface area contributed by atoms with Gasteiger partial charge in [0.05, 0.1) is 11.9 Å². The van der Waals surface area contributed by atoms with Crippen LogP contribution < -0.4 is 0 Å². The highest BCUT2D eigenvalue weighted by Crippen LogP contribution is 2.17. The van der Waals surface area contributed by atoms with Crippen LogP contribution in [0.25, 0.3) is 23.0 Å². The van der Waals surface area contributed by atoms with Crippen molar-refractivity contribution in [1.82, 2.24) is 15.0 Å². The molecule has 3 rings (SSSR count). The molecule has 4 heteroatoms. The normalized spacial score (nSPS) is 11.0. The highest BCUT2D eigenvalue weighted by atomic mass is 16.1. The second-order valence-electron chi connectivity index (χ2n) is 4.95. The lowest BCUT2D eigenvalue weighted by Crippen LogP contribution is -1.94. The van der Waals surface area contributed by atoms with Gasteiger partial charge in [0.1, 0.15) is 5.69 Å². The van der Waals surface area contributed by atoms with Crippen molar-refractivity contribution in [1.29, 1.82) is 0 Å². The zero-order chi connectivity index (χ0) is 15.4. The SMILES string of the molecule is CC(=O)/C=C/c1ccc(-n2cc(-c3ccccc3)nn2)cc1. The topological polar surface area (TPSA) is 47.8 Å². The minimum Gasteiger partial charge on any atom is -0.295 e. The molecule has 0 amide bonds. The average molecular weight is 289 g/mol. The third-order valence-corrected chi connectivity index (χ3v) is 3.23. The van der Waals surface area contributed by atoms with Gasteiger partial charge in [-0.15, -0.1) is 5.10 Å². The van der Waals surface area contributed by atoms with Gasteiger partial charge in [-0.2, -0.15) is 0 Å². The minimum atomic E-state index is 0.0351. The van der Waals surface area contributed by atoms with Crippen LogP contribution in [0.1, 0.15) is 12.5 Å². The summed E-state index contributed by atoms with van der Waals surface area (Å²) in [6.45, 7) is 1.53. The van der Waals surface area contributed by atoms with Gasteiger partial charge in [-0.05, 0) is 30.7 Å².